The molecule has 2 rings (SSSR count). The van der Waals surface area contributed by atoms with Gasteiger partial charge in [-0.05, 0) is 38.5 Å². The van der Waals surface area contributed by atoms with Gasteiger partial charge in [-0.25, -0.2) is 9.59 Å². The van der Waals surface area contributed by atoms with Crippen molar-refractivity contribution in [2.45, 2.75) is 26.4 Å². The topological polar surface area (TPSA) is 84.3 Å². The molecule has 0 atom stereocenters. The van der Waals surface area contributed by atoms with Crippen LogP contribution in [0.25, 0.3) is 17.2 Å². The van der Waals surface area contributed by atoms with Crippen molar-refractivity contribution in [3.05, 3.63) is 40.4 Å². The van der Waals surface area contributed by atoms with E-state index in [9.17, 15) is 9.59 Å². The molecule has 0 aliphatic carbocycles. The summed E-state index contributed by atoms with van der Waals surface area (Å²) < 4.78 is 10.1. The van der Waals surface area contributed by atoms with E-state index in [1.807, 2.05) is 32.9 Å². The van der Waals surface area contributed by atoms with Gasteiger partial charge in [0.05, 0.1) is 5.52 Å². The number of fused-ring (bicyclic) bond motifs is 1. The second-order valence-electron chi connectivity index (χ2n) is 5.56. The van der Waals surface area contributed by atoms with Crippen molar-refractivity contribution in [3.8, 4) is 0 Å². The number of hydrogen-bond donors (Lipinski definition) is 2. The fourth-order valence-electron chi connectivity index (χ4n) is 1.72. The number of rotatable bonds is 3. The summed E-state index contributed by atoms with van der Waals surface area (Å²) in [6, 6.07) is 5.36. The molecule has 0 aliphatic heterocycles. The lowest BCUT2D eigenvalue weighted by Gasteiger charge is -2.19. The molecule has 0 saturated heterocycles. The Kier molecular flexibility index (Phi) is 4.16. The number of H-pyrrole nitrogens is 1. The van der Waals surface area contributed by atoms with E-state index in [2.05, 4.69) is 10.3 Å². The lowest BCUT2D eigenvalue weighted by molar-refractivity contribution is 0.0534. The number of carbonyl (C=O) groups is 1. The number of ether oxygens (including phenoxy) is 1. The number of alkyl carbamates (subject to hydrolysis) is 1. The average Bonchev–Trinajstić information content (AvgIpc) is 2.71. The van der Waals surface area contributed by atoms with Crippen LogP contribution in [0.15, 0.2) is 33.5 Å². The van der Waals surface area contributed by atoms with Crippen LogP contribution in [-0.4, -0.2) is 23.2 Å². The summed E-state index contributed by atoms with van der Waals surface area (Å²) in [5, 5.41) is 2.62. The Balaban J connectivity index is 1.91. The minimum atomic E-state index is -0.509. The third-order valence-electron chi connectivity index (χ3n) is 2.52. The normalized spacial score (nSPS) is 12.0. The molecule has 0 fully saturated rings. The third kappa shape index (κ3) is 4.52. The Morgan fingerprint density at radius 3 is 2.90 bits per heavy atom. The highest BCUT2D eigenvalue weighted by Gasteiger charge is 2.14. The minimum absolute atomic E-state index is 0.351. The quantitative estimate of drug-likeness (QED) is 0.910. The van der Waals surface area contributed by atoms with Gasteiger partial charge in [-0.3, -0.25) is 4.98 Å². The van der Waals surface area contributed by atoms with Gasteiger partial charge < -0.3 is 14.5 Å². The van der Waals surface area contributed by atoms with E-state index < -0.39 is 17.5 Å². The first-order valence-electron chi connectivity index (χ1n) is 6.60. The minimum Gasteiger partial charge on any atom is -0.444 e. The van der Waals surface area contributed by atoms with Gasteiger partial charge in [0.1, 0.15) is 5.60 Å². The molecule has 21 heavy (non-hydrogen) atoms. The maximum Gasteiger partial charge on any atom is 0.417 e. The summed E-state index contributed by atoms with van der Waals surface area (Å²) in [6.07, 6.45) is 3.15. The maximum absolute atomic E-state index is 11.4. The fraction of sp³-hybridized carbons (Fsp3) is 0.333. The van der Waals surface area contributed by atoms with Crippen molar-refractivity contribution >= 4 is 23.3 Å². The van der Waals surface area contributed by atoms with Crippen LogP contribution in [0, 0.1) is 0 Å². The number of aromatic amines is 1. The van der Waals surface area contributed by atoms with Gasteiger partial charge in [0.2, 0.25) is 0 Å². The summed E-state index contributed by atoms with van der Waals surface area (Å²) in [7, 11) is 0. The molecule has 1 heterocycles. The highest BCUT2D eigenvalue weighted by molar-refractivity contribution is 5.75. The standard InChI is InChI=1S/C15H18N2O4/c1-15(2,3)21-13(18)16-8-4-5-10-6-7-11-12(9-10)20-14(19)17-11/h4-7,9H,8H2,1-3H3,(H,16,18)(H,17,19). The zero-order valence-electron chi connectivity index (χ0n) is 12.2. The van der Waals surface area contributed by atoms with E-state index >= 15 is 0 Å². The Morgan fingerprint density at radius 1 is 1.43 bits per heavy atom. The van der Waals surface area contributed by atoms with Crippen molar-refractivity contribution in [2.75, 3.05) is 6.54 Å². The van der Waals surface area contributed by atoms with Crippen molar-refractivity contribution in [1.29, 1.82) is 0 Å². The molecule has 6 heteroatoms. The molecule has 0 radical (unpaired) electrons. The van der Waals surface area contributed by atoms with Gasteiger partial charge in [-0.1, -0.05) is 18.2 Å². The molecule has 0 unspecified atom stereocenters. The molecule has 6 nitrogen and oxygen atoms in total. The monoisotopic (exact) mass is 290 g/mol. The molecule has 0 aliphatic rings. The van der Waals surface area contributed by atoms with Crippen molar-refractivity contribution in [2.24, 2.45) is 0 Å². The van der Waals surface area contributed by atoms with Crippen LogP contribution in [0.4, 0.5) is 4.79 Å². The molecule has 0 spiro atoms. The summed E-state index contributed by atoms with van der Waals surface area (Å²) >= 11 is 0. The van der Waals surface area contributed by atoms with Gasteiger partial charge in [0.25, 0.3) is 0 Å². The smallest absolute Gasteiger partial charge is 0.417 e. The van der Waals surface area contributed by atoms with Crippen LogP contribution in [0.1, 0.15) is 26.3 Å². The predicted octanol–water partition coefficient (Wildman–Crippen LogP) is 2.66. The SMILES string of the molecule is CC(C)(C)OC(=O)NCC=Cc1ccc2[nH]c(=O)oc2c1. The first-order chi connectivity index (χ1) is 9.83. The predicted molar refractivity (Wildman–Crippen MR) is 80.1 cm³/mol. The highest BCUT2D eigenvalue weighted by Crippen LogP contribution is 2.13. The second-order valence-corrected chi connectivity index (χ2v) is 5.56. The fourth-order valence-corrected chi connectivity index (χ4v) is 1.72. The molecule has 1 aromatic heterocycles. The third-order valence-corrected chi connectivity index (χ3v) is 2.52. The number of hydrogen-bond acceptors (Lipinski definition) is 4. The van der Waals surface area contributed by atoms with Crippen molar-refractivity contribution in [3.63, 3.8) is 0 Å². The molecule has 1 amide bonds. The molecule has 112 valence electrons. The van der Waals surface area contributed by atoms with E-state index in [1.54, 1.807) is 18.2 Å². The van der Waals surface area contributed by atoms with Gasteiger partial charge in [0.15, 0.2) is 5.58 Å². The molecule has 0 bridgehead atoms. The zero-order valence-corrected chi connectivity index (χ0v) is 12.2. The van der Waals surface area contributed by atoms with Crippen LogP contribution >= 0.6 is 0 Å². The van der Waals surface area contributed by atoms with Crippen LogP contribution in [0.2, 0.25) is 0 Å². The maximum atomic E-state index is 11.4. The second kappa shape index (κ2) is 5.87. The van der Waals surface area contributed by atoms with Crippen LogP contribution < -0.4 is 11.1 Å². The summed E-state index contributed by atoms with van der Waals surface area (Å²) in [5.41, 5.74) is 1.52. The number of oxazole rings is 1. The van der Waals surface area contributed by atoms with E-state index in [0.717, 1.165) is 5.56 Å². The van der Waals surface area contributed by atoms with E-state index in [0.29, 0.717) is 17.6 Å². The number of nitrogens with one attached hydrogen (secondary N) is 2. The Bertz CT molecular complexity index is 719. The Labute approximate surface area is 121 Å². The first-order valence-corrected chi connectivity index (χ1v) is 6.60. The lowest BCUT2D eigenvalue weighted by atomic mass is 10.2. The van der Waals surface area contributed by atoms with Crippen LogP contribution in [-0.2, 0) is 4.74 Å². The summed E-state index contributed by atoms with van der Waals surface area (Å²) in [4.78, 5) is 25.0. The Morgan fingerprint density at radius 2 is 2.19 bits per heavy atom. The van der Waals surface area contributed by atoms with E-state index in [4.69, 9.17) is 9.15 Å². The van der Waals surface area contributed by atoms with E-state index in [1.165, 1.54) is 0 Å². The van der Waals surface area contributed by atoms with E-state index in [-0.39, 0.29) is 0 Å². The van der Waals surface area contributed by atoms with Gasteiger partial charge in [-0.15, -0.1) is 0 Å². The number of aromatic nitrogens is 1. The molecular weight excluding hydrogens is 272 g/mol. The number of carbonyl (C=O) groups excluding carboxylic acids is 1. The van der Waals surface area contributed by atoms with Crippen molar-refractivity contribution in [1.82, 2.24) is 10.3 Å². The van der Waals surface area contributed by atoms with Gasteiger partial charge in [0, 0.05) is 6.54 Å². The number of amides is 1. The first kappa shape index (κ1) is 14.9. The highest BCUT2D eigenvalue weighted by atomic mass is 16.6. The molecular formula is C15H18N2O4. The Hall–Kier alpha value is -2.50. The molecule has 0 saturated carbocycles. The van der Waals surface area contributed by atoms with Crippen molar-refractivity contribution < 1.29 is 13.9 Å². The lowest BCUT2D eigenvalue weighted by Crippen LogP contribution is -2.32. The summed E-state index contributed by atoms with van der Waals surface area (Å²) in [6.45, 7) is 5.77. The summed E-state index contributed by atoms with van der Waals surface area (Å²) in [5.74, 6) is -0.474. The van der Waals surface area contributed by atoms with Crippen LogP contribution in [0.5, 0.6) is 0 Å². The van der Waals surface area contributed by atoms with Crippen LogP contribution in [0.3, 0.4) is 0 Å². The van der Waals surface area contributed by atoms with Gasteiger partial charge >= 0.3 is 11.8 Å². The largest absolute Gasteiger partial charge is 0.444 e. The molecule has 2 aromatic rings. The molecule has 1 aromatic carbocycles. The van der Waals surface area contributed by atoms with Gasteiger partial charge in [-0.2, -0.15) is 0 Å². The molecule has 2 N–H and O–H groups in total. The number of benzene rings is 1. The average molecular weight is 290 g/mol. The zero-order chi connectivity index (χ0) is 15.5.